The molecule has 4 rings (SSSR count). The second-order valence-electron chi connectivity index (χ2n) is 9.71. The maximum atomic E-state index is 13.4. The Hall–Kier alpha value is -3.09. The topological polar surface area (TPSA) is 67.9 Å². The summed E-state index contributed by atoms with van der Waals surface area (Å²) in [6.45, 7) is 3.77. The highest BCUT2D eigenvalue weighted by Crippen LogP contribution is 2.38. The normalized spacial score (nSPS) is 20.6. The molecule has 2 aliphatic rings. The average molecular weight is 483 g/mol. The van der Waals surface area contributed by atoms with Crippen LogP contribution in [0.1, 0.15) is 51.0 Å². The Morgan fingerprint density at radius 2 is 1.86 bits per heavy atom. The van der Waals surface area contributed by atoms with Gasteiger partial charge in [-0.2, -0.15) is 0 Å². The lowest BCUT2D eigenvalue weighted by Crippen LogP contribution is -2.52. The van der Waals surface area contributed by atoms with Crippen LogP contribution in [0.3, 0.4) is 0 Å². The number of nitrogens with one attached hydrogen (secondary N) is 1. The molecule has 2 aliphatic heterocycles. The number of likely N-dealkylation sites (tertiary alicyclic amines) is 1. The molecule has 35 heavy (non-hydrogen) atoms. The third-order valence-corrected chi connectivity index (χ3v) is 7.14. The Morgan fingerprint density at radius 3 is 2.63 bits per heavy atom. The summed E-state index contributed by atoms with van der Waals surface area (Å²) in [6, 6.07) is 13.8. The van der Waals surface area contributed by atoms with Gasteiger partial charge < -0.3 is 19.7 Å². The Kier molecular flexibility index (Phi) is 8.26. The molecule has 2 aromatic carbocycles. The molecule has 0 bridgehead atoms. The van der Waals surface area contributed by atoms with Crippen molar-refractivity contribution >= 4 is 11.8 Å². The van der Waals surface area contributed by atoms with Crippen molar-refractivity contribution in [2.24, 2.45) is 5.41 Å². The molecule has 1 fully saturated rings. The molecule has 1 spiro atoms. The summed E-state index contributed by atoms with van der Waals surface area (Å²) >= 11 is 0. The number of hydrogen-bond donors (Lipinski definition) is 1. The molecule has 0 radical (unpaired) electrons. The van der Waals surface area contributed by atoms with E-state index in [9.17, 15) is 14.0 Å². The summed E-state index contributed by atoms with van der Waals surface area (Å²) in [5.74, 6) is 1.22. The first-order valence-electron chi connectivity index (χ1n) is 12.6. The molecule has 188 valence electrons. The van der Waals surface area contributed by atoms with Gasteiger partial charge in [0.2, 0.25) is 11.8 Å². The lowest BCUT2D eigenvalue weighted by atomic mass is 9.73. The van der Waals surface area contributed by atoms with Gasteiger partial charge in [-0.15, -0.1) is 0 Å². The van der Waals surface area contributed by atoms with Crippen LogP contribution in [0.4, 0.5) is 4.39 Å². The number of halogens is 1. The van der Waals surface area contributed by atoms with Gasteiger partial charge in [0, 0.05) is 13.1 Å². The van der Waals surface area contributed by atoms with Crippen molar-refractivity contribution in [2.45, 2.75) is 57.9 Å². The van der Waals surface area contributed by atoms with E-state index >= 15 is 0 Å². The van der Waals surface area contributed by atoms with Crippen LogP contribution in [0.5, 0.6) is 11.5 Å². The number of benzene rings is 2. The molecule has 2 aromatic rings. The standard InChI is InChI=1S/C28H35FN2O4/c1-21-20-35-25-8-3-2-6-22(25)7-4-5-14-28(27(33)30-21)15-17-31(18-16-28)26(32)13-19-34-24-11-9-23(29)10-12-24/h2-3,6,8-12,21H,4-5,7,13-20H2,1H3,(H,30,33)/t21-/m1/s1. The molecule has 6 nitrogen and oxygen atoms in total. The van der Waals surface area contributed by atoms with Crippen LogP contribution >= 0.6 is 0 Å². The van der Waals surface area contributed by atoms with Crippen molar-refractivity contribution in [1.82, 2.24) is 10.2 Å². The van der Waals surface area contributed by atoms with E-state index in [0.717, 1.165) is 31.4 Å². The highest BCUT2D eigenvalue weighted by atomic mass is 19.1. The number of ether oxygens (including phenoxy) is 2. The number of nitrogens with zero attached hydrogens (tertiary/aromatic N) is 1. The zero-order valence-corrected chi connectivity index (χ0v) is 20.4. The minimum absolute atomic E-state index is 0.0221. The molecule has 0 saturated carbocycles. The molecule has 2 heterocycles. The van der Waals surface area contributed by atoms with Crippen molar-refractivity contribution in [1.29, 1.82) is 0 Å². The number of rotatable bonds is 4. The molecular weight excluding hydrogens is 447 g/mol. The Morgan fingerprint density at radius 1 is 1.11 bits per heavy atom. The number of piperidine rings is 1. The first-order valence-corrected chi connectivity index (χ1v) is 12.6. The molecule has 1 atom stereocenters. The number of aryl methyl sites for hydroxylation is 1. The van der Waals surface area contributed by atoms with E-state index in [-0.39, 0.29) is 36.7 Å². The van der Waals surface area contributed by atoms with Crippen LogP contribution in [0.2, 0.25) is 0 Å². The fourth-order valence-electron chi connectivity index (χ4n) is 4.98. The first-order chi connectivity index (χ1) is 16.9. The van der Waals surface area contributed by atoms with Crippen LogP contribution < -0.4 is 14.8 Å². The predicted molar refractivity (Wildman–Crippen MR) is 132 cm³/mol. The second kappa shape index (κ2) is 11.6. The number of carbonyl (C=O) groups is 2. The smallest absolute Gasteiger partial charge is 0.226 e. The third-order valence-electron chi connectivity index (χ3n) is 7.14. The summed E-state index contributed by atoms with van der Waals surface area (Å²) in [7, 11) is 0. The molecular formula is C28H35FN2O4. The number of amides is 2. The van der Waals surface area contributed by atoms with Gasteiger partial charge in [0.1, 0.15) is 23.9 Å². The van der Waals surface area contributed by atoms with Crippen LogP contribution in [-0.4, -0.2) is 49.1 Å². The van der Waals surface area contributed by atoms with E-state index in [2.05, 4.69) is 11.4 Å². The fourth-order valence-corrected chi connectivity index (χ4v) is 4.98. The zero-order valence-electron chi connectivity index (χ0n) is 20.4. The van der Waals surface area contributed by atoms with Crippen molar-refractivity contribution in [2.75, 3.05) is 26.3 Å². The summed E-state index contributed by atoms with van der Waals surface area (Å²) in [5, 5.41) is 3.18. The van der Waals surface area contributed by atoms with Gasteiger partial charge in [-0.05, 0) is 74.9 Å². The maximum Gasteiger partial charge on any atom is 0.226 e. The molecule has 0 unspecified atom stereocenters. The summed E-state index contributed by atoms with van der Waals surface area (Å²) in [4.78, 5) is 28.0. The van der Waals surface area contributed by atoms with Crippen LogP contribution in [0, 0.1) is 11.2 Å². The third kappa shape index (κ3) is 6.53. The van der Waals surface area contributed by atoms with Crippen LogP contribution in [-0.2, 0) is 16.0 Å². The molecule has 1 saturated heterocycles. The van der Waals surface area contributed by atoms with Gasteiger partial charge in [-0.25, -0.2) is 4.39 Å². The minimum Gasteiger partial charge on any atom is -0.493 e. The summed E-state index contributed by atoms with van der Waals surface area (Å²) < 4.78 is 24.6. The van der Waals surface area contributed by atoms with Gasteiger partial charge >= 0.3 is 0 Å². The van der Waals surface area contributed by atoms with Crippen molar-refractivity contribution in [3.8, 4) is 11.5 Å². The molecule has 0 aromatic heterocycles. The predicted octanol–water partition coefficient (Wildman–Crippen LogP) is 4.51. The SMILES string of the molecule is C[C@@H]1COc2ccccc2CCCCC2(CCN(C(=O)CCOc3ccc(F)cc3)CC2)C(=O)N1. The lowest BCUT2D eigenvalue weighted by Gasteiger charge is -2.41. The Labute approximate surface area is 206 Å². The quantitative estimate of drug-likeness (QED) is 0.696. The molecule has 2 amide bonds. The van der Waals surface area contributed by atoms with E-state index in [4.69, 9.17) is 9.47 Å². The maximum absolute atomic E-state index is 13.4. The van der Waals surface area contributed by atoms with Crippen LogP contribution in [0.15, 0.2) is 48.5 Å². The summed E-state index contributed by atoms with van der Waals surface area (Å²) in [5.41, 5.74) is 0.762. The van der Waals surface area contributed by atoms with Gasteiger partial charge in [0.15, 0.2) is 0 Å². The Bertz CT molecular complexity index is 1000. The molecule has 7 heteroatoms. The number of hydrogen-bond acceptors (Lipinski definition) is 4. The molecule has 0 aliphatic carbocycles. The van der Waals surface area contributed by atoms with E-state index in [1.807, 2.05) is 30.0 Å². The van der Waals surface area contributed by atoms with E-state index in [1.165, 1.54) is 17.7 Å². The monoisotopic (exact) mass is 482 g/mol. The highest BCUT2D eigenvalue weighted by Gasteiger charge is 2.42. The van der Waals surface area contributed by atoms with Gasteiger partial charge in [0.05, 0.1) is 24.5 Å². The van der Waals surface area contributed by atoms with Gasteiger partial charge in [-0.3, -0.25) is 9.59 Å². The fraction of sp³-hybridized carbons (Fsp3) is 0.500. The van der Waals surface area contributed by atoms with Crippen LogP contribution in [0.25, 0.3) is 0 Å². The van der Waals surface area contributed by atoms with Gasteiger partial charge in [-0.1, -0.05) is 24.6 Å². The Balaban J connectivity index is 1.32. The van der Waals surface area contributed by atoms with Crippen molar-refractivity contribution < 1.29 is 23.5 Å². The van der Waals surface area contributed by atoms with E-state index < -0.39 is 5.41 Å². The lowest BCUT2D eigenvalue weighted by molar-refractivity contribution is -0.142. The zero-order chi connectivity index (χ0) is 24.7. The van der Waals surface area contributed by atoms with E-state index in [1.54, 1.807) is 12.1 Å². The molecule has 1 N–H and O–H groups in total. The number of carbonyl (C=O) groups excluding carboxylic acids is 2. The highest BCUT2D eigenvalue weighted by molar-refractivity contribution is 5.83. The van der Waals surface area contributed by atoms with E-state index in [0.29, 0.717) is 38.3 Å². The largest absolute Gasteiger partial charge is 0.493 e. The average Bonchev–Trinajstić information content (AvgIpc) is 2.87. The minimum atomic E-state index is -0.450. The van der Waals surface area contributed by atoms with Crippen molar-refractivity contribution in [3.63, 3.8) is 0 Å². The first kappa shape index (κ1) is 25.0. The number of para-hydroxylation sites is 1. The number of fused-ring (bicyclic) bond motifs is 1. The second-order valence-corrected chi connectivity index (χ2v) is 9.71. The summed E-state index contributed by atoms with van der Waals surface area (Å²) in [6.07, 6.45) is 5.28. The van der Waals surface area contributed by atoms with Crippen molar-refractivity contribution in [3.05, 3.63) is 59.9 Å². The van der Waals surface area contributed by atoms with Gasteiger partial charge in [0.25, 0.3) is 0 Å².